The van der Waals surface area contributed by atoms with Crippen LogP contribution < -0.4 is 20.4 Å². The topological polar surface area (TPSA) is 107 Å². The van der Waals surface area contributed by atoms with Crippen LogP contribution in [-0.2, 0) is 10.0 Å². The number of thiophene rings is 2. The molecular formula is C22H23N3O3S3Si. The minimum absolute atomic E-state index is 0.0218. The molecule has 1 aromatic carbocycles. The summed E-state index contributed by atoms with van der Waals surface area (Å²) in [7, 11) is -3.61. The summed E-state index contributed by atoms with van der Waals surface area (Å²) in [4.78, 5) is 5.69. The molecule has 3 N–H and O–H groups in total. The Bertz CT molecular complexity index is 1360. The summed E-state index contributed by atoms with van der Waals surface area (Å²) in [5, 5.41) is 28.1. The van der Waals surface area contributed by atoms with Crippen LogP contribution in [0.4, 0.5) is 5.00 Å². The zero-order valence-electron chi connectivity index (χ0n) is 17.9. The average Bonchev–Trinajstić information content (AvgIpc) is 3.40. The molecule has 10 heteroatoms. The van der Waals surface area contributed by atoms with E-state index in [1.165, 1.54) is 32.3 Å². The summed E-state index contributed by atoms with van der Waals surface area (Å²) in [6.07, 6.45) is 1.87. The molecule has 0 saturated carbocycles. The van der Waals surface area contributed by atoms with E-state index < -0.39 is 18.1 Å². The van der Waals surface area contributed by atoms with Crippen LogP contribution in [-0.4, -0.2) is 41.8 Å². The minimum atomic E-state index is -3.77. The number of aliphatic hydroxyl groups excluding tert-OH is 1. The number of likely N-dealkylation sites (N-methyl/N-ethyl adjacent to an activating group) is 1. The molecule has 32 heavy (non-hydrogen) atoms. The quantitative estimate of drug-likeness (QED) is 0.399. The highest BCUT2D eigenvalue weighted by Crippen LogP contribution is 2.42. The van der Waals surface area contributed by atoms with Crippen molar-refractivity contribution in [2.45, 2.75) is 18.0 Å². The number of sulfonamides is 1. The number of nitriles is 1. The number of primary sulfonamides is 1. The van der Waals surface area contributed by atoms with Crippen LogP contribution in [0.15, 0.2) is 41.3 Å². The van der Waals surface area contributed by atoms with Crippen LogP contribution in [0.5, 0.6) is 0 Å². The standard InChI is InChI=1S/C22H23N3O3S3Si/c1-25(8-9-26)20-12-19-22(30-20)21-18(32(19,2)3)11-16(29-21)10-15(13-23)14-4-6-17(7-5-14)31(24,27)28/h4-7,10-12,26H,8-9H2,1-3H3,(H2,24,27,28)/b15-10+. The molecule has 2 aromatic heterocycles. The predicted molar refractivity (Wildman–Crippen MR) is 136 cm³/mol. The monoisotopic (exact) mass is 501 g/mol. The summed E-state index contributed by atoms with van der Waals surface area (Å²) < 4.78 is 23.0. The third kappa shape index (κ3) is 3.96. The molecule has 3 heterocycles. The SMILES string of the molecule is CN(CCO)c1cc2c(s1)-c1sc(/C=C(\C#N)c3ccc(S(N)(=O)=O)cc3)cc1[Si]2(C)C. The number of hydrogen-bond acceptors (Lipinski definition) is 7. The van der Waals surface area contributed by atoms with Crippen LogP contribution >= 0.6 is 22.7 Å². The molecule has 0 atom stereocenters. The van der Waals surface area contributed by atoms with Gasteiger partial charge >= 0.3 is 0 Å². The maximum Gasteiger partial charge on any atom is 0.238 e. The van der Waals surface area contributed by atoms with E-state index in [9.17, 15) is 18.8 Å². The number of hydrogen-bond donors (Lipinski definition) is 2. The van der Waals surface area contributed by atoms with Gasteiger partial charge in [-0.2, -0.15) is 5.26 Å². The number of nitrogens with zero attached hydrogens (tertiary/aromatic N) is 2. The fraction of sp³-hybridized carbons (Fsp3) is 0.227. The van der Waals surface area contributed by atoms with Crippen molar-refractivity contribution >= 4 is 67.8 Å². The predicted octanol–water partition coefficient (Wildman–Crippen LogP) is 2.75. The first-order valence-electron chi connectivity index (χ1n) is 9.92. The Kier molecular flexibility index (Phi) is 5.91. The molecule has 0 unspecified atom stereocenters. The third-order valence-corrected chi connectivity index (χ3v) is 13.0. The summed E-state index contributed by atoms with van der Waals surface area (Å²) in [5.41, 5.74) is 1.12. The molecule has 0 aliphatic carbocycles. The molecule has 6 nitrogen and oxygen atoms in total. The van der Waals surface area contributed by atoms with E-state index in [4.69, 9.17) is 5.14 Å². The summed E-state index contributed by atoms with van der Waals surface area (Å²) >= 11 is 3.44. The summed E-state index contributed by atoms with van der Waals surface area (Å²) in [5.74, 6) is 0. The van der Waals surface area contributed by atoms with Crippen molar-refractivity contribution in [2.24, 2.45) is 5.14 Å². The first-order valence-corrected chi connectivity index (χ1v) is 16.1. The Morgan fingerprint density at radius 2 is 1.81 bits per heavy atom. The van der Waals surface area contributed by atoms with Gasteiger partial charge in [0.05, 0.1) is 28.1 Å². The maximum atomic E-state index is 11.5. The van der Waals surface area contributed by atoms with E-state index in [0.29, 0.717) is 17.7 Å². The number of allylic oxidation sites excluding steroid dienone is 1. The second-order valence-electron chi connectivity index (χ2n) is 8.23. The molecular weight excluding hydrogens is 479 g/mol. The third-order valence-electron chi connectivity index (χ3n) is 5.74. The lowest BCUT2D eigenvalue weighted by atomic mass is 10.1. The second kappa shape index (κ2) is 8.26. The van der Waals surface area contributed by atoms with E-state index in [-0.39, 0.29) is 11.5 Å². The van der Waals surface area contributed by atoms with Crippen molar-refractivity contribution in [1.82, 2.24) is 0 Å². The van der Waals surface area contributed by atoms with Crippen molar-refractivity contribution in [3.63, 3.8) is 0 Å². The lowest BCUT2D eigenvalue weighted by molar-refractivity contribution is 0.304. The fourth-order valence-corrected chi connectivity index (χ4v) is 11.5. The van der Waals surface area contributed by atoms with Crippen LogP contribution in [0.3, 0.4) is 0 Å². The summed E-state index contributed by atoms with van der Waals surface area (Å²) in [6.45, 7) is 5.41. The Morgan fingerprint density at radius 1 is 1.19 bits per heavy atom. The molecule has 4 rings (SSSR count). The number of fused-ring (bicyclic) bond motifs is 3. The van der Waals surface area contributed by atoms with Crippen LogP contribution in [0.25, 0.3) is 21.4 Å². The lowest BCUT2D eigenvalue weighted by Gasteiger charge is -2.18. The molecule has 0 fully saturated rings. The molecule has 0 spiro atoms. The fourth-order valence-electron chi connectivity index (χ4n) is 3.87. The Morgan fingerprint density at radius 3 is 2.41 bits per heavy atom. The van der Waals surface area contributed by atoms with E-state index in [1.54, 1.807) is 34.8 Å². The van der Waals surface area contributed by atoms with Gasteiger partial charge in [-0.15, -0.1) is 22.7 Å². The van der Waals surface area contributed by atoms with Crippen molar-refractivity contribution in [1.29, 1.82) is 5.26 Å². The normalized spacial score (nSPS) is 14.7. The van der Waals surface area contributed by atoms with Gasteiger partial charge in [-0.1, -0.05) is 25.2 Å². The van der Waals surface area contributed by atoms with Gasteiger partial charge in [0.1, 0.15) is 8.07 Å². The largest absolute Gasteiger partial charge is 0.395 e. The lowest BCUT2D eigenvalue weighted by Crippen LogP contribution is -2.48. The Balaban J connectivity index is 1.71. The van der Waals surface area contributed by atoms with E-state index in [0.717, 1.165) is 9.88 Å². The highest BCUT2D eigenvalue weighted by molar-refractivity contribution is 7.89. The van der Waals surface area contributed by atoms with Crippen LogP contribution in [0.2, 0.25) is 13.1 Å². The van der Waals surface area contributed by atoms with Crippen molar-refractivity contribution in [3.05, 3.63) is 46.8 Å². The highest BCUT2D eigenvalue weighted by Gasteiger charge is 2.41. The van der Waals surface area contributed by atoms with Crippen LogP contribution in [0, 0.1) is 11.3 Å². The molecule has 1 aliphatic heterocycles. The maximum absolute atomic E-state index is 11.5. The van der Waals surface area contributed by atoms with Gasteiger partial charge in [0.25, 0.3) is 0 Å². The van der Waals surface area contributed by atoms with Gasteiger partial charge in [0.15, 0.2) is 0 Å². The molecule has 0 bridgehead atoms. The van der Waals surface area contributed by atoms with E-state index >= 15 is 0 Å². The number of aliphatic hydroxyl groups is 1. The summed E-state index contributed by atoms with van der Waals surface area (Å²) in [6, 6.07) is 12.8. The molecule has 3 aromatic rings. The zero-order chi connectivity index (χ0) is 23.3. The molecule has 0 saturated heterocycles. The highest BCUT2D eigenvalue weighted by atomic mass is 32.2. The second-order valence-corrected chi connectivity index (χ2v) is 16.2. The van der Waals surface area contributed by atoms with Crippen LogP contribution in [0.1, 0.15) is 10.4 Å². The smallest absolute Gasteiger partial charge is 0.238 e. The number of rotatable bonds is 6. The van der Waals surface area contributed by atoms with Gasteiger partial charge < -0.3 is 10.0 Å². The van der Waals surface area contributed by atoms with Gasteiger partial charge in [-0.3, -0.25) is 0 Å². The Hall–Kier alpha value is -2.26. The van der Waals surface area contributed by atoms with Crippen molar-refractivity contribution < 1.29 is 13.5 Å². The first-order chi connectivity index (χ1) is 15.1. The van der Waals surface area contributed by atoms with Gasteiger partial charge in [-0.05, 0) is 46.3 Å². The van der Waals surface area contributed by atoms with Crippen molar-refractivity contribution in [3.8, 4) is 15.8 Å². The first kappa shape index (κ1) is 22.9. The number of anilines is 1. The zero-order valence-corrected chi connectivity index (χ0v) is 21.4. The Labute approximate surface area is 196 Å². The minimum Gasteiger partial charge on any atom is -0.395 e. The molecule has 0 amide bonds. The van der Waals surface area contributed by atoms with Gasteiger partial charge in [0, 0.05) is 28.2 Å². The number of nitrogens with two attached hydrogens (primary N) is 1. The van der Waals surface area contributed by atoms with Gasteiger partial charge in [-0.25, -0.2) is 13.6 Å². The van der Waals surface area contributed by atoms with E-state index in [2.05, 4.69) is 36.2 Å². The van der Waals surface area contributed by atoms with Gasteiger partial charge in [0.2, 0.25) is 10.0 Å². The van der Waals surface area contributed by atoms with Crippen molar-refractivity contribution in [2.75, 3.05) is 25.1 Å². The number of benzene rings is 1. The molecule has 1 aliphatic rings. The molecule has 0 radical (unpaired) electrons. The average molecular weight is 502 g/mol. The van der Waals surface area contributed by atoms with E-state index in [1.807, 2.05) is 13.1 Å². The molecule has 166 valence electrons.